The highest BCUT2D eigenvalue weighted by Gasteiger charge is 2.31. The molecule has 0 radical (unpaired) electrons. The van der Waals surface area contributed by atoms with Crippen LogP contribution in [0.4, 0.5) is 0 Å². The Bertz CT molecular complexity index is 383. The lowest BCUT2D eigenvalue weighted by Crippen LogP contribution is -2.49. The SMILES string of the molecule is CCCNC(C)(CCCSc1ccccc1)C(=O)O. The first-order chi connectivity index (χ1) is 9.08. The van der Waals surface area contributed by atoms with Gasteiger partial charge in [0.25, 0.3) is 0 Å². The molecule has 1 unspecified atom stereocenters. The average Bonchev–Trinajstić information content (AvgIpc) is 2.42. The van der Waals surface area contributed by atoms with Crippen LogP contribution in [-0.2, 0) is 4.79 Å². The minimum Gasteiger partial charge on any atom is -0.480 e. The molecule has 19 heavy (non-hydrogen) atoms. The number of nitrogens with one attached hydrogen (secondary N) is 1. The summed E-state index contributed by atoms with van der Waals surface area (Å²) >= 11 is 1.78. The predicted octanol–water partition coefficient (Wildman–Crippen LogP) is 3.40. The Balaban J connectivity index is 2.34. The van der Waals surface area contributed by atoms with Crippen molar-refractivity contribution in [3.05, 3.63) is 30.3 Å². The van der Waals surface area contributed by atoms with Crippen molar-refractivity contribution < 1.29 is 9.90 Å². The van der Waals surface area contributed by atoms with Crippen LogP contribution in [0.25, 0.3) is 0 Å². The number of hydrogen-bond acceptors (Lipinski definition) is 3. The second-order valence-electron chi connectivity index (χ2n) is 4.83. The van der Waals surface area contributed by atoms with Crippen molar-refractivity contribution in [2.45, 2.75) is 43.5 Å². The zero-order valence-electron chi connectivity index (χ0n) is 11.7. The van der Waals surface area contributed by atoms with Gasteiger partial charge < -0.3 is 10.4 Å². The van der Waals surface area contributed by atoms with E-state index in [2.05, 4.69) is 17.4 Å². The quantitative estimate of drug-likeness (QED) is 0.538. The summed E-state index contributed by atoms with van der Waals surface area (Å²) in [5, 5.41) is 12.4. The molecule has 0 fully saturated rings. The van der Waals surface area contributed by atoms with Crippen molar-refractivity contribution in [2.75, 3.05) is 12.3 Å². The molecule has 4 heteroatoms. The first-order valence-electron chi connectivity index (χ1n) is 6.75. The highest BCUT2D eigenvalue weighted by molar-refractivity contribution is 7.99. The second kappa shape index (κ2) is 8.23. The maximum atomic E-state index is 11.3. The normalized spacial score (nSPS) is 14.0. The summed E-state index contributed by atoms with van der Waals surface area (Å²) in [5.74, 6) is 0.186. The lowest BCUT2D eigenvalue weighted by molar-refractivity contribution is -0.144. The number of rotatable bonds is 9. The second-order valence-corrected chi connectivity index (χ2v) is 6.00. The fourth-order valence-electron chi connectivity index (χ4n) is 1.80. The predicted molar refractivity (Wildman–Crippen MR) is 80.7 cm³/mol. The number of carbonyl (C=O) groups is 1. The first-order valence-corrected chi connectivity index (χ1v) is 7.73. The molecule has 106 valence electrons. The fourth-order valence-corrected chi connectivity index (χ4v) is 2.68. The Kier molecular flexibility index (Phi) is 6.95. The van der Waals surface area contributed by atoms with Gasteiger partial charge in [0.15, 0.2) is 0 Å². The summed E-state index contributed by atoms with van der Waals surface area (Å²) in [6.07, 6.45) is 2.49. The van der Waals surface area contributed by atoms with Gasteiger partial charge in [-0.15, -0.1) is 11.8 Å². The van der Waals surface area contributed by atoms with Gasteiger partial charge in [0, 0.05) is 4.90 Å². The molecule has 0 aromatic heterocycles. The van der Waals surface area contributed by atoms with Gasteiger partial charge in [-0.25, -0.2) is 0 Å². The number of aliphatic carboxylic acids is 1. The zero-order valence-corrected chi connectivity index (χ0v) is 12.5. The molecule has 2 N–H and O–H groups in total. The maximum absolute atomic E-state index is 11.3. The van der Waals surface area contributed by atoms with Gasteiger partial charge in [-0.05, 0) is 50.6 Å². The summed E-state index contributed by atoms with van der Waals surface area (Å²) in [5.41, 5.74) is -0.798. The van der Waals surface area contributed by atoms with E-state index in [-0.39, 0.29) is 0 Å². The minimum absolute atomic E-state index is 0.655. The molecule has 0 bridgehead atoms. The molecule has 0 aliphatic carbocycles. The molecule has 0 spiro atoms. The van der Waals surface area contributed by atoms with Gasteiger partial charge in [-0.1, -0.05) is 25.1 Å². The number of carboxylic acid groups (broad SMARTS) is 1. The molecule has 1 rings (SSSR count). The third-order valence-electron chi connectivity index (χ3n) is 3.07. The van der Waals surface area contributed by atoms with Crippen LogP contribution in [0.5, 0.6) is 0 Å². The maximum Gasteiger partial charge on any atom is 0.323 e. The van der Waals surface area contributed by atoms with Gasteiger partial charge in [0.2, 0.25) is 0 Å². The van der Waals surface area contributed by atoms with Crippen molar-refractivity contribution in [1.29, 1.82) is 0 Å². The number of thioether (sulfide) groups is 1. The lowest BCUT2D eigenvalue weighted by Gasteiger charge is -2.26. The molecule has 0 heterocycles. The topological polar surface area (TPSA) is 49.3 Å². The average molecular weight is 281 g/mol. The van der Waals surface area contributed by atoms with Crippen molar-refractivity contribution in [3.63, 3.8) is 0 Å². The molecular weight excluding hydrogens is 258 g/mol. The Labute approximate surface area is 119 Å². The molecule has 1 atom stereocenters. The van der Waals surface area contributed by atoms with Crippen LogP contribution in [0.2, 0.25) is 0 Å². The summed E-state index contributed by atoms with van der Waals surface area (Å²) in [7, 11) is 0. The Morgan fingerprint density at radius 3 is 2.63 bits per heavy atom. The largest absolute Gasteiger partial charge is 0.480 e. The van der Waals surface area contributed by atoms with Gasteiger partial charge in [-0.2, -0.15) is 0 Å². The minimum atomic E-state index is -0.798. The lowest BCUT2D eigenvalue weighted by atomic mass is 9.96. The monoisotopic (exact) mass is 281 g/mol. The number of benzene rings is 1. The Morgan fingerprint density at radius 1 is 1.37 bits per heavy atom. The molecular formula is C15H23NO2S. The number of carboxylic acids is 1. The fraction of sp³-hybridized carbons (Fsp3) is 0.533. The van der Waals surface area contributed by atoms with E-state index in [0.717, 1.165) is 25.1 Å². The van der Waals surface area contributed by atoms with Crippen LogP contribution in [-0.4, -0.2) is 28.9 Å². The smallest absolute Gasteiger partial charge is 0.323 e. The summed E-state index contributed by atoms with van der Waals surface area (Å²) in [4.78, 5) is 12.6. The van der Waals surface area contributed by atoms with E-state index < -0.39 is 11.5 Å². The number of hydrogen-bond donors (Lipinski definition) is 2. The van der Waals surface area contributed by atoms with E-state index in [1.165, 1.54) is 4.90 Å². The third kappa shape index (κ3) is 5.66. The molecule has 0 saturated heterocycles. The molecule has 0 aliphatic heterocycles. The third-order valence-corrected chi connectivity index (χ3v) is 4.17. The van der Waals surface area contributed by atoms with Crippen molar-refractivity contribution in [3.8, 4) is 0 Å². The Hall–Kier alpha value is -1.00. The van der Waals surface area contributed by atoms with Crippen LogP contribution in [0.1, 0.15) is 33.1 Å². The highest BCUT2D eigenvalue weighted by atomic mass is 32.2. The molecule has 0 amide bonds. The van der Waals surface area contributed by atoms with E-state index in [9.17, 15) is 9.90 Å². The van der Waals surface area contributed by atoms with Gasteiger partial charge >= 0.3 is 5.97 Å². The first kappa shape index (κ1) is 16.1. The van der Waals surface area contributed by atoms with Crippen molar-refractivity contribution >= 4 is 17.7 Å². The summed E-state index contributed by atoms with van der Waals surface area (Å²) in [6.45, 7) is 4.56. The molecule has 0 aliphatic rings. The summed E-state index contributed by atoms with van der Waals surface area (Å²) < 4.78 is 0. The zero-order chi connectivity index (χ0) is 14.1. The van der Waals surface area contributed by atoms with Crippen LogP contribution in [0.15, 0.2) is 35.2 Å². The van der Waals surface area contributed by atoms with Crippen LogP contribution in [0, 0.1) is 0 Å². The van der Waals surface area contributed by atoms with E-state index in [4.69, 9.17) is 0 Å². The van der Waals surface area contributed by atoms with Gasteiger partial charge in [-0.3, -0.25) is 4.79 Å². The van der Waals surface area contributed by atoms with Crippen LogP contribution in [0.3, 0.4) is 0 Å². The van der Waals surface area contributed by atoms with E-state index in [1.807, 2.05) is 25.1 Å². The van der Waals surface area contributed by atoms with E-state index in [1.54, 1.807) is 18.7 Å². The molecule has 1 aromatic carbocycles. The highest BCUT2D eigenvalue weighted by Crippen LogP contribution is 2.21. The standard InChI is InChI=1S/C15H23NO2S/c1-3-11-16-15(2,14(17)18)10-7-12-19-13-8-5-4-6-9-13/h4-6,8-9,16H,3,7,10-12H2,1-2H3,(H,17,18). The van der Waals surface area contributed by atoms with Crippen LogP contribution >= 0.6 is 11.8 Å². The van der Waals surface area contributed by atoms with Gasteiger partial charge in [0.05, 0.1) is 0 Å². The molecule has 0 saturated carbocycles. The Morgan fingerprint density at radius 2 is 2.05 bits per heavy atom. The molecule has 1 aromatic rings. The summed E-state index contributed by atoms with van der Waals surface area (Å²) in [6, 6.07) is 10.2. The van der Waals surface area contributed by atoms with Crippen LogP contribution < -0.4 is 5.32 Å². The van der Waals surface area contributed by atoms with Crippen molar-refractivity contribution in [1.82, 2.24) is 5.32 Å². The van der Waals surface area contributed by atoms with E-state index in [0.29, 0.717) is 6.42 Å². The molecule has 3 nitrogen and oxygen atoms in total. The van der Waals surface area contributed by atoms with Crippen molar-refractivity contribution in [2.24, 2.45) is 0 Å². The van der Waals surface area contributed by atoms with E-state index >= 15 is 0 Å². The van der Waals surface area contributed by atoms with Gasteiger partial charge in [0.1, 0.15) is 5.54 Å².